The van der Waals surface area contributed by atoms with Crippen LogP contribution in [0.15, 0.2) is 46.9 Å². The van der Waals surface area contributed by atoms with E-state index in [4.69, 9.17) is 9.15 Å². The molecule has 1 aromatic carbocycles. The van der Waals surface area contributed by atoms with Crippen LogP contribution in [-0.4, -0.2) is 42.4 Å². The van der Waals surface area contributed by atoms with Crippen molar-refractivity contribution in [2.75, 3.05) is 19.7 Å². The highest BCUT2D eigenvalue weighted by atomic mass is 16.5. The van der Waals surface area contributed by atoms with Crippen LogP contribution in [0.3, 0.4) is 0 Å². The Labute approximate surface area is 170 Å². The summed E-state index contributed by atoms with van der Waals surface area (Å²) in [6.45, 7) is 3.21. The molecule has 0 bridgehead atoms. The minimum Gasteiger partial charge on any atom is -0.460 e. The fraction of sp³-hybridized carbons (Fsp3) is 0.409. The molecule has 1 saturated heterocycles. The zero-order valence-corrected chi connectivity index (χ0v) is 16.6. The van der Waals surface area contributed by atoms with Gasteiger partial charge in [-0.2, -0.15) is 0 Å². The summed E-state index contributed by atoms with van der Waals surface area (Å²) in [6, 6.07) is 13.2. The van der Waals surface area contributed by atoms with E-state index < -0.39 is 5.97 Å². The number of ether oxygens (including phenoxy) is 1. The Balaban J connectivity index is 1.49. The predicted molar refractivity (Wildman–Crippen MR) is 106 cm³/mol. The number of benzene rings is 1. The largest absolute Gasteiger partial charge is 0.460 e. The smallest absolute Gasteiger partial charge is 0.374 e. The fourth-order valence-corrected chi connectivity index (χ4v) is 3.36. The molecule has 1 aliphatic heterocycles. The Morgan fingerprint density at radius 2 is 2.00 bits per heavy atom. The maximum absolute atomic E-state index is 12.6. The topological polar surface area (TPSA) is 88.8 Å². The van der Waals surface area contributed by atoms with E-state index in [1.54, 1.807) is 17.9 Å². The first-order valence-electron chi connectivity index (χ1n) is 9.92. The van der Waals surface area contributed by atoms with E-state index in [-0.39, 0.29) is 36.6 Å². The van der Waals surface area contributed by atoms with Gasteiger partial charge in [-0.1, -0.05) is 30.3 Å². The molecule has 1 fully saturated rings. The molecule has 154 valence electrons. The number of hydrogen-bond acceptors (Lipinski definition) is 5. The van der Waals surface area contributed by atoms with E-state index in [1.807, 2.05) is 30.3 Å². The number of carbonyl (C=O) groups excluding carboxylic acids is 3. The zero-order chi connectivity index (χ0) is 20.6. The van der Waals surface area contributed by atoms with Gasteiger partial charge in [-0.3, -0.25) is 9.59 Å². The van der Waals surface area contributed by atoms with Gasteiger partial charge in [0, 0.05) is 19.5 Å². The van der Waals surface area contributed by atoms with Crippen molar-refractivity contribution >= 4 is 17.8 Å². The number of esters is 1. The van der Waals surface area contributed by atoms with Crippen LogP contribution < -0.4 is 5.32 Å². The number of likely N-dealkylation sites (tertiary alicyclic amines) is 1. The SMILES string of the molecule is CCOC(=O)c1ccc(CNC(=O)[C@@H]2CCC(=O)N(CCc3ccccc3)C2)o1. The van der Waals surface area contributed by atoms with E-state index in [1.165, 1.54) is 11.6 Å². The summed E-state index contributed by atoms with van der Waals surface area (Å²) < 4.78 is 10.3. The predicted octanol–water partition coefficient (Wildman–Crippen LogP) is 2.55. The van der Waals surface area contributed by atoms with Crippen molar-refractivity contribution in [2.45, 2.75) is 32.7 Å². The Morgan fingerprint density at radius 3 is 2.76 bits per heavy atom. The number of piperidine rings is 1. The molecule has 1 N–H and O–H groups in total. The van der Waals surface area contributed by atoms with Gasteiger partial charge in [0.1, 0.15) is 5.76 Å². The molecule has 2 heterocycles. The zero-order valence-electron chi connectivity index (χ0n) is 16.6. The second-order valence-corrected chi connectivity index (χ2v) is 7.02. The van der Waals surface area contributed by atoms with Crippen molar-refractivity contribution in [2.24, 2.45) is 5.92 Å². The molecular formula is C22H26N2O5. The first-order valence-corrected chi connectivity index (χ1v) is 9.92. The Hall–Kier alpha value is -3.09. The maximum atomic E-state index is 12.6. The molecule has 1 aromatic heterocycles. The molecule has 0 aliphatic carbocycles. The van der Waals surface area contributed by atoms with E-state index in [0.29, 0.717) is 31.7 Å². The van der Waals surface area contributed by atoms with Crippen LogP contribution >= 0.6 is 0 Å². The van der Waals surface area contributed by atoms with Crippen molar-refractivity contribution < 1.29 is 23.5 Å². The lowest BCUT2D eigenvalue weighted by Gasteiger charge is -2.32. The van der Waals surface area contributed by atoms with Gasteiger partial charge in [0.15, 0.2) is 0 Å². The van der Waals surface area contributed by atoms with Gasteiger partial charge in [0.2, 0.25) is 17.6 Å². The van der Waals surface area contributed by atoms with E-state index in [9.17, 15) is 14.4 Å². The van der Waals surface area contributed by atoms with Gasteiger partial charge in [-0.15, -0.1) is 0 Å². The molecule has 3 rings (SSSR count). The lowest BCUT2D eigenvalue weighted by atomic mass is 9.96. The lowest BCUT2D eigenvalue weighted by Crippen LogP contribution is -2.46. The minimum absolute atomic E-state index is 0.0927. The molecular weight excluding hydrogens is 372 g/mol. The molecule has 1 aliphatic rings. The molecule has 29 heavy (non-hydrogen) atoms. The summed E-state index contributed by atoms with van der Waals surface area (Å²) in [6.07, 6.45) is 1.68. The average molecular weight is 398 g/mol. The van der Waals surface area contributed by atoms with Crippen LogP contribution in [0.25, 0.3) is 0 Å². The summed E-state index contributed by atoms with van der Waals surface area (Å²) in [7, 11) is 0. The van der Waals surface area contributed by atoms with Crippen molar-refractivity contribution in [1.82, 2.24) is 10.2 Å². The molecule has 7 heteroatoms. The van der Waals surface area contributed by atoms with Crippen molar-refractivity contribution in [3.63, 3.8) is 0 Å². The molecule has 2 amide bonds. The maximum Gasteiger partial charge on any atom is 0.374 e. The molecule has 7 nitrogen and oxygen atoms in total. The minimum atomic E-state index is -0.523. The van der Waals surface area contributed by atoms with Gasteiger partial charge < -0.3 is 19.4 Å². The van der Waals surface area contributed by atoms with Gasteiger partial charge >= 0.3 is 5.97 Å². The second kappa shape index (κ2) is 9.91. The Bertz CT molecular complexity index is 846. The van der Waals surface area contributed by atoms with E-state index in [0.717, 1.165) is 6.42 Å². The van der Waals surface area contributed by atoms with E-state index >= 15 is 0 Å². The standard InChI is InChI=1S/C22H26N2O5/c1-2-28-22(27)19-10-9-18(29-19)14-23-21(26)17-8-11-20(25)24(15-17)13-12-16-6-4-3-5-7-16/h3-7,9-10,17H,2,8,11-15H2,1H3,(H,23,26)/t17-/m1/s1. The molecule has 1 atom stereocenters. The van der Waals surface area contributed by atoms with Crippen LogP contribution in [-0.2, 0) is 27.3 Å². The number of nitrogens with zero attached hydrogens (tertiary/aromatic N) is 1. The number of furan rings is 1. The number of amides is 2. The highest BCUT2D eigenvalue weighted by Gasteiger charge is 2.30. The first kappa shape index (κ1) is 20.6. The number of carbonyl (C=O) groups is 3. The van der Waals surface area contributed by atoms with Crippen LogP contribution in [0.4, 0.5) is 0 Å². The highest BCUT2D eigenvalue weighted by molar-refractivity contribution is 5.86. The lowest BCUT2D eigenvalue weighted by molar-refractivity contribution is -0.138. The summed E-state index contributed by atoms with van der Waals surface area (Å²) in [5, 5.41) is 2.84. The van der Waals surface area contributed by atoms with Crippen LogP contribution in [0.1, 0.15) is 41.6 Å². The van der Waals surface area contributed by atoms with Crippen molar-refractivity contribution in [1.29, 1.82) is 0 Å². The third-order valence-electron chi connectivity index (χ3n) is 4.96. The summed E-state index contributed by atoms with van der Waals surface area (Å²) >= 11 is 0. The summed E-state index contributed by atoms with van der Waals surface area (Å²) in [5.74, 6) is -0.194. The molecule has 0 unspecified atom stereocenters. The monoisotopic (exact) mass is 398 g/mol. The fourth-order valence-electron chi connectivity index (χ4n) is 3.36. The van der Waals surface area contributed by atoms with Crippen LogP contribution in [0, 0.1) is 5.92 Å². The first-order chi connectivity index (χ1) is 14.1. The summed E-state index contributed by atoms with van der Waals surface area (Å²) in [4.78, 5) is 38.2. The van der Waals surface area contributed by atoms with Gasteiger partial charge in [0.05, 0.1) is 19.1 Å². The molecule has 2 aromatic rings. The highest BCUT2D eigenvalue weighted by Crippen LogP contribution is 2.19. The van der Waals surface area contributed by atoms with Crippen LogP contribution in [0.5, 0.6) is 0 Å². The Morgan fingerprint density at radius 1 is 1.21 bits per heavy atom. The van der Waals surface area contributed by atoms with E-state index in [2.05, 4.69) is 5.32 Å². The summed E-state index contributed by atoms with van der Waals surface area (Å²) in [5.41, 5.74) is 1.17. The van der Waals surface area contributed by atoms with Gasteiger partial charge in [-0.25, -0.2) is 4.79 Å². The number of nitrogens with one attached hydrogen (secondary N) is 1. The third-order valence-corrected chi connectivity index (χ3v) is 4.96. The third kappa shape index (κ3) is 5.70. The average Bonchev–Trinajstić information content (AvgIpc) is 3.21. The number of rotatable bonds is 8. The molecule has 0 spiro atoms. The van der Waals surface area contributed by atoms with Crippen molar-refractivity contribution in [3.8, 4) is 0 Å². The number of hydrogen-bond donors (Lipinski definition) is 1. The molecule has 0 saturated carbocycles. The molecule has 0 radical (unpaired) electrons. The second-order valence-electron chi connectivity index (χ2n) is 7.02. The van der Waals surface area contributed by atoms with Crippen molar-refractivity contribution in [3.05, 3.63) is 59.5 Å². The quantitative estimate of drug-likeness (QED) is 0.691. The van der Waals surface area contributed by atoms with Gasteiger partial charge in [0.25, 0.3) is 0 Å². The normalized spacial score (nSPS) is 16.5. The van der Waals surface area contributed by atoms with Gasteiger partial charge in [-0.05, 0) is 37.5 Å². The Kier molecular flexibility index (Phi) is 7.05. The van der Waals surface area contributed by atoms with Crippen LogP contribution in [0.2, 0.25) is 0 Å².